The summed E-state index contributed by atoms with van der Waals surface area (Å²) in [6.45, 7) is 0. The van der Waals surface area contributed by atoms with Crippen molar-refractivity contribution < 1.29 is 18.0 Å². The van der Waals surface area contributed by atoms with Gasteiger partial charge in [0.15, 0.2) is 11.0 Å². The number of nitrogens with one attached hydrogen (secondary N) is 1. The van der Waals surface area contributed by atoms with Gasteiger partial charge < -0.3 is 0 Å². The Morgan fingerprint density at radius 1 is 1.00 bits per heavy atom. The van der Waals surface area contributed by atoms with Gasteiger partial charge in [0.1, 0.15) is 0 Å². The molecule has 0 spiro atoms. The lowest BCUT2D eigenvalue weighted by atomic mass is 10.1. The molecule has 1 N–H and O–H groups in total. The summed E-state index contributed by atoms with van der Waals surface area (Å²) in [6.07, 6.45) is -3.55. The lowest BCUT2D eigenvalue weighted by Gasteiger charge is -2.10. The number of rotatable bonds is 7. The van der Waals surface area contributed by atoms with Crippen LogP contribution in [0.25, 0.3) is 17.1 Å². The van der Waals surface area contributed by atoms with Crippen LogP contribution in [0.2, 0.25) is 5.02 Å². The van der Waals surface area contributed by atoms with Gasteiger partial charge in [0, 0.05) is 21.8 Å². The van der Waals surface area contributed by atoms with Crippen LogP contribution in [0.1, 0.15) is 11.1 Å². The van der Waals surface area contributed by atoms with Crippen molar-refractivity contribution in [2.75, 3.05) is 5.75 Å². The molecular weight excluding hydrogens is 499 g/mol. The fourth-order valence-corrected chi connectivity index (χ4v) is 4.03. The van der Waals surface area contributed by atoms with Crippen LogP contribution in [0.3, 0.4) is 0 Å². The fraction of sp³-hybridized carbons (Fsp3) is 0.0833. The Morgan fingerprint density at radius 2 is 1.69 bits per heavy atom. The number of hydrogen-bond acceptors (Lipinski definition) is 5. The Hall–Kier alpha value is -3.63. The maximum absolute atomic E-state index is 13.1. The summed E-state index contributed by atoms with van der Waals surface area (Å²) in [5.41, 5.74) is 2.86. The molecular formula is C24H17ClF3N5OS. The molecule has 11 heteroatoms. The molecule has 1 aromatic heterocycles. The highest BCUT2D eigenvalue weighted by atomic mass is 35.5. The lowest BCUT2D eigenvalue weighted by molar-refractivity contribution is -0.137. The van der Waals surface area contributed by atoms with E-state index < -0.39 is 17.6 Å². The second-order valence-corrected chi connectivity index (χ2v) is 8.53. The predicted octanol–water partition coefficient (Wildman–Crippen LogP) is 5.85. The summed E-state index contributed by atoms with van der Waals surface area (Å²) in [6, 6.07) is 21.5. The van der Waals surface area contributed by atoms with Crippen molar-refractivity contribution in [2.45, 2.75) is 11.3 Å². The van der Waals surface area contributed by atoms with E-state index in [-0.39, 0.29) is 11.3 Å². The quantitative estimate of drug-likeness (QED) is 0.190. The third-order valence-corrected chi connectivity index (χ3v) is 5.92. The third-order valence-electron chi connectivity index (χ3n) is 4.74. The average Bonchev–Trinajstić information content (AvgIpc) is 3.27. The second-order valence-electron chi connectivity index (χ2n) is 7.15. The van der Waals surface area contributed by atoms with Crippen molar-refractivity contribution in [3.05, 3.63) is 95.0 Å². The van der Waals surface area contributed by atoms with E-state index in [0.29, 0.717) is 16.0 Å². The number of hydrazone groups is 1. The number of benzene rings is 3. The molecule has 0 bridgehead atoms. The van der Waals surface area contributed by atoms with Crippen LogP contribution in [-0.4, -0.2) is 32.6 Å². The fourth-order valence-electron chi connectivity index (χ4n) is 3.16. The van der Waals surface area contributed by atoms with Crippen LogP contribution in [0.5, 0.6) is 0 Å². The Morgan fingerprint density at radius 3 is 2.40 bits per heavy atom. The number of para-hydroxylation sites is 1. The van der Waals surface area contributed by atoms with E-state index >= 15 is 0 Å². The van der Waals surface area contributed by atoms with Crippen molar-refractivity contribution in [1.82, 2.24) is 20.2 Å². The van der Waals surface area contributed by atoms with Gasteiger partial charge in [-0.1, -0.05) is 59.8 Å². The molecule has 0 aliphatic rings. The first-order valence-corrected chi connectivity index (χ1v) is 11.6. The highest BCUT2D eigenvalue weighted by molar-refractivity contribution is 7.99. The first kappa shape index (κ1) is 24.5. The highest BCUT2D eigenvalue weighted by Crippen LogP contribution is 2.31. The number of carbonyl (C=O) groups is 1. The van der Waals surface area contributed by atoms with Crippen molar-refractivity contribution >= 4 is 35.5 Å². The molecule has 1 amide bonds. The van der Waals surface area contributed by atoms with Crippen molar-refractivity contribution in [3.8, 4) is 17.1 Å². The molecule has 178 valence electrons. The largest absolute Gasteiger partial charge is 0.417 e. The average molecular weight is 516 g/mol. The van der Waals surface area contributed by atoms with E-state index in [9.17, 15) is 18.0 Å². The van der Waals surface area contributed by atoms with Gasteiger partial charge in [-0.15, -0.1) is 10.2 Å². The molecule has 0 aliphatic heterocycles. The summed E-state index contributed by atoms with van der Waals surface area (Å²) >= 11 is 7.12. The van der Waals surface area contributed by atoms with E-state index in [2.05, 4.69) is 20.7 Å². The Labute approximate surface area is 207 Å². The lowest BCUT2D eigenvalue weighted by Crippen LogP contribution is -2.20. The van der Waals surface area contributed by atoms with Gasteiger partial charge in [0.2, 0.25) is 0 Å². The van der Waals surface area contributed by atoms with Crippen molar-refractivity contribution in [2.24, 2.45) is 5.10 Å². The minimum atomic E-state index is -4.52. The summed E-state index contributed by atoms with van der Waals surface area (Å²) < 4.78 is 41.1. The Bertz CT molecular complexity index is 1340. The molecule has 4 aromatic rings. The summed E-state index contributed by atoms with van der Waals surface area (Å²) in [4.78, 5) is 12.3. The predicted molar refractivity (Wildman–Crippen MR) is 130 cm³/mol. The smallest absolute Gasteiger partial charge is 0.272 e. The molecule has 0 aliphatic carbocycles. The molecule has 6 nitrogen and oxygen atoms in total. The molecule has 0 atom stereocenters. The van der Waals surface area contributed by atoms with Crippen LogP contribution < -0.4 is 5.43 Å². The zero-order valence-electron chi connectivity index (χ0n) is 17.9. The van der Waals surface area contributed by atoms with Gasteiger partial charge >= 0.3 is 6.18 Å². The van der Waals surface area contributed by atoms with Crippen LogP contribution in [0.4, 0.5) is 13.2 Å². The number of aromatic nitrogens is 3. The van der Waals surface area contributed by atoms with E-state index in [0.717, 1.165) is 35.3 Å². The number of nitrogens with zero attached hydrogens (tertiary/aromatic N) is 4. The number of thioether (sulfide) groups is 1. The SMILES string of the molecule is O=C(CSc1nnc(-c2ccc(Cl)cc2)n1-c1ccccc1)N/N=C\c1ccccc1C(F)(F)F. The molecule has 0 saturated carbocycles. The summed E-state index contributed by atoms with van der Waals surface area (Å²) in [7, 11) is 0. The topological polar surface area (TPSA) is 72.2 Å². The van der Waals surface area contributed by atoms with Crippen LogP contribution in [0, 0.1) is 0 Å². The van der Waals surface area contributed by atoms with E-state index in [1.54, 1.807) is 12.1 Å². The molecule has 3 aromatic carbocycles. The highest BCUT2D eigenvalue weighted by Gasteiger charge is 2.32. The number of alkyl halides is 3. The van der Waals surface area contributed by atoms with Crippen LogP contribution >= 0.6 is 23.4 Å². The first-order chi connectivity index (χ1) is 16.8. The maximum atomic E-state index is 13.1. The first-order valence-electron chi connectivity index (χ1n) is 10.2. The molecule has 0 saturated heterocycles. The maximum Gasteiger partial charge on any atom is 0.417 e. The number of halogens is 4. The second kappa shape index (κ2) is 10.7. The van der Waals surface area contributed by atoms with Gasteiger partial charge in [-0.05, 0) is 42.5 Å². The van der Waals surface area contributed by atoms with Gasteiger partial charge in [-0.25, -0.2) is 5.43 Å². The normalized spacial score (nSPS) is 11.7. The van der Waals surface area contributed by atoms with Crippen molar-refractivity contribution in [3.63, 3.8) is 0 Å². The van der Waals surface area contributed by atoms with E-state index in [1.165, 1.54) is 18.2 Å². The van der Waals surface area contributed by atoms with Gasteiger partial charge in [-0.3, -0.25) is 9.36 Å². The number of carbonyl (C=O) groups excluding carboxylic acids is 1. The molecule has 0 unspecified atom stereocenters. The Kier molecular flexibility index (Phi) is 7.52. The van der Waals surface area contributed by atoms with Gasteiger partial charge in [-0.2, -0.15) is 18.3 Å². The standard InChI is InChI=1S/C24H17ClF3N5OS/c25-18-12-10-16(11-13-18)22-31-32-23(33(22)19-7-2-1-3-8-19)35-15-21(34)30-29-14-17-6-4-5-9-20(17)24(26,27)28/h1-14H,15H2,(H,30,34)/b29-14-. The van der Waals surface area contributed by atoms with Crippen LogP contribution in [-0.2, 0) is 11.0 Å². The van der Waals surface area contributed by atoms with Crippen LogP contribution in [0.15, 0.2) is 89.1 Å². The zero-order chi connectivity index (χ0) is 24.8. The number of amides is 1. The monoisotopic (exact) mass is 515 g/mol. The molecule has 35 heavy (non-hydrogen) atoms. The van der Waals surface area contributed by atoms with Crippen molar-refractivity contribution in [1.29, 1.82) is 0 Å². The molecule has 4 rings (SSSR count). The minimum Gasteiger partial charge on any atom is -0.272 e. The number of hydrogen-bond donors (Lipinski definition) is 1. The Balaban J connectivity index is 1.49. The van der Waals surface area contributed by atoms with Gasteiger partial charge in [0.25, 0.3) is 5.91 Å². The molecule has 0 fully saturated rings. The minimum absolute atomic E-state index is 0.0795. The van der Waals surface area contributed by atoms with E-state index in [4.69, 9.17) is 11.6 Å². The third kappa shape index (κ3) is 6.09. The van der Waals surface area contributed by atoms with Gasteiger partial charge in [0.05, 0.1) is 17.5 Å². The summed E-state index contributed by atoms with van der Waals surface area (Å²) in [5.74, 6) is -0.0203. The molecule has 0 radical (unpaired) electrons. The molecule has 1 heterocycles. The summed E-state index contributed by atoms with van der Waals surface area (Å²) in [5, 5.41) is 13.2. The zero-order valence-corrected chi connectivity index (χ0v) is 19.5. The van der Waals surface area contributed by atoms with E-state index in [1.807, 2.05) is 47.0 Å².